The van der Waals surface area contributed by atoms with E-state index in [2.05, 4.69) is 10.3 Å². The van der Waals surface area contributed by atoms with E-state index in [1.807, 2.05) is 0 Å². The number of nitrogens with one attached hydrogen (secondary N) is 1. The van der Waals surface area contributed by atoms with Crippen LogP contribution in [0.25, 0.3) is 11.1 Å². The van der Waals surface area contributed by atoms with Crippen molar-refractivity contribution in [1.82, 2.24) is 14.9 Å². The average Bonchev–Trinajstić information content (AvgIpc) is 3.21. The van der Waals surface area contributed by atoms with Crippen LogP contribution in [-0.2, 0) is 16.1 Å². The number of hydrogen-bond donors (Lipinski definition) is 1. The molecule has 2 aromatic carbocycles. The number of carbonyl (C=O) groups excluding carboxylic acids is 2. The van der Waals surface area contributed by atoms with Gasteiger partial charge in [0.05, 0.1) is 19.5 Å². The number of hydrogen-bond acceptors (Lipinski definition) is 4. The third-order valence-electron chi connectivity index (χ3n) is 4.16. The van der Waals surface area contributed by atoms with Crippen LogP contribution in [0, 0.1) is 5.82 Å². The van der Waals surface area contributed by atoms with Crippen molar-refractivity contribution in [3.8, 4) is 11.1 Å². The van der Waals surface area contributed by atoms with E-state index in [4.69, 9.17) is 4.74 Å². The van der Waals surface area contributed by atoms with Gasteiger partial charge in [0, 0.05) is 23.5 Å². The smallest absolute Gasteiger partial charge is 0.330 e. The molecule has 0 aliphatic heterocycles. The molecule has 1 aromatic heterocycles. The molecule has 28 heavy (non-hydrogen) atoms. The van der Waals surface area contributed by atoms with Crippen molar-refractivity contribution < 1.29 is 18.7 Å². The number of ether oxygens (including phenoxy) is 1. The first kappa shape index (κ1) is 19.3. The van der Waals surface area contributed by atoms with Crippen molar-refractivity contribution in [1.29, 1.82) is 0 Å². The van der Waals surface area contributed by atoms with Gasteiger partial charge >= 0.3 is 5.97 Å². The van der Waals surface area contributed by atoms with Gasteiger partial charge in [-0.2, -0.15) is 0 Å². The number of rotatable bonds is 7. The molecule has 7 heteroatoms. The van der Waals surface area contributed by atoms with E-state index in [1.54, 1.807) is 72.7 Å². The highest BCUT2D eigenvalue weighted by molar-refractivity contribution is 5.97. The van der Waals surface area contributed by atoms with Crippen molar-refractivity contribution in [3.63, 3.8) is 0 Å². The van der Waals surface area contributed by atoms with Crippen molar-refractivity contribution >= 4 is 11.9 Å². The normalized spacial score (nSPS) is 11.6. The lowest BCUT2D eigenvalue weighted by molar-refractivity contribution is -0.145. The number of benzene rings is 2. The fraction of sp³-hybridized carbons (Fsp3) is 0.190. The van der Waals surface area contributed by atoms with E-state index in [0.29, 0.717) is 16.7 Å². The number of halogens is 1. The second-order valence-electron chi connectivity index (χ2n) is 6.09. The highest BCUT2D eigenvalue weighted by Gasteiger charge is 2.23. The summed E-state index contributed by atoms with van der Waals surface area (Å²) in [6, 6.07) is 12.1. The van der Waals surface area contributed by atoms with Gasteiger partial charge in [0.1, 0.15) is 11.9 Å². The molecule has 6 nitrogen and oxygen atoms in total. The molecule has 0 fully saturated rings. The average molecular weight is 381 g/mol. The van der Waals surface area contributed by atoms with E-state index in [0.717, 1.165) is 0 Å². The van der Waals surface area contributed by atoms with Gasteiger partial charge in [0.2, 0.25) is 0 Å². The topological polar surface area (TPSA) is 73.2 Å². The molecular formula is C21H20FN3O3. The summed E-state index contributed by atoms with van der Waals surface area (Å²) in [5.41, 5.74) is 1.48. The Balaban J connectivity index is 1.74. The summed E-state index contributed by atoms with van der Waals surface area (Å²) in [6.45, 7) is 2.12. The maximum atomic E-state index is 13.9. The molecule has 0 aliphatic carbocycles. The molecule has 1 atom stereocenters. The predicted octanol–water partition coefficient (Wildman–Crippen LogP) is 3.05. The maximum Gasteiger partial charge on any atom is 0.330 e. The van der Waals surface area contributed by atoms with Crippen LogP contribution < -0.4 is 5.32 Å². The van der Waals surface area contributed by atoms with Crippen molar-refractivity contribution in [2.45, 2.75) is 19.5 Å². The third kappa shape index (κ3) is 4.62. The minimum Gasteiger partial charge on any atom is -0.464 e. The van der Waals surface area contributed by atoms with Crippen LogP contribution in [0.2, 0.25) is 0 Å². The first-order chi connectivity index (χ1) is 13.6. The molecular weight excluding hydrogens is 361 g/mol. The number of amides is 1. The summed E-state index contributed by atoms with van der Waals surface area (Å²) < 4.78 is 20.6. The minimum atomic E-state index is -0.854. The Labute approximate surface area is 162 Å². The maximum absolute atomic E-state index is 13.9. The summed E-state index contributed by atoms with van der Waals surface area (Å²) in [7, 11) is 0. The van der Waals surface area contributed by atoms with Crippen LogP contribution >= 0.6 is 0 Å². The summed E-state index contributed by atoms with van der Waals surface area (Å²) >= 11 is 0. The van der Waals surface area contributed by atoms with Gasteiger partial charge < -0.3 is 14.6 Å². The Morgan fingerprint density at radius 2 is 1.93 bits per heavy atom. The standard InChI is InChI=1S/C21H20FN3O3/c1-2-28-21(27)19(13-25-12-11-23-14-25)24-20(26)16-9-7-15(8-10-16)17-5-3-4-6-18(17)22/h3-12,14,19H,2,13H2,1H3,(H,24,26)/t19-/m0/s1. The van der Waals surface area contributed by atoms with E-state index in [9.17, 15) is 14.0 Å². The molecule has 1 heterocycles. The molecule has 0 aliphatic rings. The van der Waals surface area contributed by atoms with Gasteiger partial charge in [0.15, 0.2) is 0 Å². The molecule has 0 saturated carbocycles. The Kier molecular flexibility index (Phi) is 6.16. The highest BCUT2D eigenvalue weighted by atomic mass is 19.1. The zero-order valence-electron chi connectivity index (χ0n) is 15.3. The lowest BCUT2D eigenvalue weighted by atomic mass is 10.0. The van der Waals surface area contributed by atoms with Crippen LogP contribution in [0.3, 0.4) is 0 Å². The zero-order valence-corrected chi connectivity index (χ0v) is 15.3. The van der Waals surface area contributed by atoms with Crippen molar-refractivity contribution in [2.75, 3.05) is 6.61 Å². The molecule has 3 rings (SSSR count). The Hall–Kier alpha value is -3.48. The minimum absolute atomic E-state index is 0.206. The van der Waals surface area contributed by atoms with Crippen LogP contribution in [0.15, 0.2) is 67.3 Å². The molecule has 1 N–H and O–H groups in total. The lowest BCUT2D eigenvalue weighted by Crippen LogP contribution is -2.44. The number of nitrogens with zero attached hydrogens (tertiary/aromatic N) is 2. The van der Waals surface area contributed by atoms with E-state index in [1.165, 1.54) is 6.07 Å². The molecule has 0 unspecified atom stereocenters. The van der Waals surface area contributed by atoms with Crippen molar-refractivity contribution in [2.24, 2.45) is 0 Å². The first-order valence-corrected chi connectivity index (χ1v) is 8.86. The largest absolute Gasteiger partial charge is 0.464 e. The summed E-state index contributed by atoms with van der Waals surface area (Å²) in [5, 5.41) is 2.69. The summed E-state index contributed by atoms with van der Waals surface area (Å²) in [6.07, 6.45) is 4.84. The van der Waals surface area contributed by atoms with Gasteiger partial charge in [-0.1, -0.05) is 30.3 Å². The number of aromatic nitrogens is 2. The van der Waals surface area contributed by atoms with Crippen LogP contribution in [0.4, 0.5) is 4.39 Å². The van der Waals surface area contributed by atoms with Gasteiger partial charge in [-0.15, -0.1) is 0 Å². The fourth-order valence-electron chi connectivity index (χ4n) is 2.77. The summed E-state index contributed by atoms with van der Waals surface area (Å²) in [5.74, 6) is -1.27. The van der Waals surface area contributed by atoms with E-state index >= 15 is 0 Å². The van der Waals surface area contributed by atoms with E-state index < -0.39 is 17.9 Å². The Morgan fingerprint density at radius 3 is 2.57 bits per heavy atom. The van der Waals surface area contributed by atoms with Crippen molar-refractivity contribution in [3.05, 3.63) is 78.6 Å². The van der Waals surface area contributed by atoms with Gasteiger partial charge in [-0.25, -0.2) is 14.2 Å². The highest BCUT2D eigenvalue weighted by Crippen LogP contribution is 2.22. The predicted molar refractivity (Wildman–Crippen MR) is 102 cm³/mol. The molecule has 0 bridgehead atoms. The molecule has 1 amide bonds. The third-order valence-corrected chi connectivity index (χ3v) is 4.16. The molecule has 0 radical (unpaired) electrons. The quantitative estimate of drug-likeness (QED) is 0.639. The Morgan fingerprint density at radius 1 is 1.18 bits per heavy atom. The number of imidazole rings is 1. The van der Waals surface area contributed by atoms with Gasteiger partial charge in [-0.3, -0.25) is 4.79 Å². The number of carbonyl (C=O) groups is 2. The zero-order chi connectivity index (χ0) is 19.9. The fourth-order valence-corrected chi connectivity index (χ4v) is 2.77. The molecule has 144 valence electrons. The second kappa shape index (κ2) is 8.94. The Bertz CT molecular complexity index is 940. The molecule has 0 spiro atoms. The number of esters is 1. The van der Waals surface area contributed by atoms with Crippen LogP contribution in [-0.4, -0.2) is 34.1 Å². The SMILES string of the molecule is CCOC(=O)[C@H](Cn1ccnc1)NC(=O)c1ccc(-c2ccccc2F)cc1. The molecule has 3 aromatic rings. The lowest BCUT2D eigenvalue weighted by Gasteiger charge is -2.18. The summed E-state index contributed by atoms with van der Waals surface area (Å²) in [4.78, 5) is 28.7. The monoisotopic (exact) mass is 381 g/mol. The second-order valence-corrected chi connectivity index (χ2v) is 6.09. The van der Waals surface area contributed by atoms with Crippen LogP contribution in [0.5, 0.6) is 0 Å². The van der Waals surface area contributed by atoms with E-state index in [-0.39, 0.29) is 19.0 Å². The molecule has 0 saturated heterocycles. The van der Waals surface area contributed by atoms with Crippen LogP contribution in [0.1, 0.15) is 17.3 Å². The van der Waals surface area contributed by atoms with Gasteiger partial charge in [-0.05, 0) is 30.7 Å². The van der Waals surface area contributed by atoms with Gasteiger partial charge in [0.25, 0.3) is 5.91 Å². The first-order valence-electron chi connectivity index (χ1n) is 8.86.